The molecule has 0 unspecified atom stereocenters. The van der Waals surface area contributed by atoms with Crippen LogP contribution in [0, 0.1) is 0 Å². The summed E-state index contributed by atoms with van der Waals surface area (Å²) in [5.41, 5.74) is 11.6. The highest BCUT2D eigenvalue weighted by Gasteiger charge is 2.32. The topological polar surface area (TPSA) is 105 Å². The Labute approximate surface area is 253 Å². The van der Waals surface area contributed by atoms with Crippen molar-refractivity contribution in [3.63, 3.8) is 0 Å². The Morgan fingerprint density at radius 1 is 0.860 bits per heavy atom. The minimum absolute atomic E-state index is 0.136. The van der Waals surface area contributed by atoms with Crippen LogP contribution in [-0.4, -0.2) is 29.3 Å². The van der Waals surface area contributed by atoms with E-state index in [2.05, 4.69) is 10.6 Å². The molecule has 1 aliphatic heterocycles. The van der Waals surface area contributed by atoms with Crippen molar-refractivity contribution in [1.29, 1.82) is 0 Å². The molecule has 220 valence electrons. The number of rotatable bonds is 9. The molecule has 7 nitrogen and oxygen atoms in total. The van der Waals surface area contributed by atoms with Gasteiger partial charge in [-0.15, -0.1) is 0 Å². The van der Waals surface area contributed by atoms with Crippen molar-refractivity contribution in [2.45, 2.75) is 57.8 Å². The van der Waals surface area contributed by atoms with Crippen LogP contribution < -0.4 is 21.3 Å². The van der Waals surface area contributed by atoms with Crippen LogP contribution in [0.1, 0.15) is 53.7 Å². The van der Waals surface area contributed by atoms with Gasteiger partial charge in [-0.1, -0.05) is 91.0 Å². The van der Waals surface area contributed by atoms with Gasteiger partial charge in [0.05, 0.1) is 6.54 Å². The van der Waals surface area contributed by atoms with Gasteiger partial charge in [-0.25, -0.2) is 0 Å². The lowest BCUT2D eigenvalue weighted by Gasteiger charge is -2.27. The highest BCUT2D eigenvalue weighted by Crippen LogP contribution is 2.30. The Hall–Kier alpha value is -4.75. The molecular formula is C36H38N4O3. The smallest absolute Gasteiger partial charge is 0.252 e. The largest absolute Gasteiger partial charge is 0.348 e. The zero-order valence-corrected chi connectivity index (χ0v) is 24.7. The lowest BCUT2D eigenvalue weighted by Crippen LogP contribution is -2.49. The third kappa shape index (κ3) is 7.56. The maximum absolute atomic E-state index is 13.8. The molecule has 4 aromatic carbocycles. The Kier molecular flexibility index (Phi) is 9.02. The summed E-state index contributed by atoms with van der Waals surface area (Å²) in [5, 5.41) is 5.96. The molecule has 43 heavy (non-hydrogen) atoms. The second-order valence-corrected chi connectivity index (χ2v) is 11.8. The maximum atomic E-state index is 13.8. The molecule has 3 amide bonds. The molecule has 0 saturated heterocycles. The van der Waals surface area contributed by atoms with E-state index >= 15 is 0 Å². The van der Waals surface area contributed by atoms with Crippen molar-refractivity contribution in [2.75, 3.05) is 4.90 Å². The van der Waals surface area contributed by atoms with Gasteiger partial charge in [0, 0.05) is 29.8 Å². The van der Waals surface area contributed by atoms with Gasteiger partial charge in [0.25, 0.3) is 5.91 Å². The zero-order chi connectivity index (χ0) is 30.4. The van der Waals surface area contributed by atoms with Crippen molar-refractivity contribution in [3.8, 4) is 11.1 Å². The number of fused-ring (bicyclic) bond motifs is 1. The van der Waals surface area contributed by atoms with E-state index in [9.17, 15) is 14.4 Å². The average molecular weight is 575 g/mol. The van der Waals surface area contributed by atoms with Crippen molar-refractivity contribution < 1.29 is 14.4 Å². The normalized spacial score (nSPS) is 14.9. The quantitative estimate of drug-likeness (QED) is 0.250. The highest BCUT2D eigenvalue weighted by molar-refractivity contribution is 6.01. The third-order valence-electron chi connectivity index (χ3n) is 7.57. The van der Waals surface area contributed by atoms with Gasteiger partial charge in [0.2, 0.25) is 11.8 Å². The molecule has 0 aromatic heterocycles. The molecule has 0 bridgehead atoms. The zero-order valence-electron chi connectivity index (χ0n) is 24.7. The van der Waals surface area contributed by atoms with Crippen LogP contribution in [0.4, 0.5) is 5.69 Å². The van der Waals surface area contributed by atoms with Crippen molar-refractivity contribution in [2.24, 2.45) is 5.73 Å². The maximum Gasteiger partial charge on any atom is 0.252 e. The number of hydrogen-bond acceptors (Lipinski definition) is 4. The van der Waals surface area contributed by atoms with Crippen LogP contribution in [0.15, 0.2) is 103 Å². The molecule has 5 rings (SSSR count). The van der Waals surface area contributed by atoms with Crippen molar-refractivity contribution >= 4 is 23.4 Å². The minimum Gasteiger partial charge on any atom is -0.348 e. The fourth-order valence-corrected chi connectivity index (χ4v) is 5.45. The van der Waals surface area contributed by atoms with Gasteiger partial charge in [-0.3, -0.25) is 14.4 Å². The molecule has 1 aliphatic rings. The van der Waals surface area contributed by atoms with Crippen LogP contribution in [0.2, 0.25) is 0 Å². The number of anilines is 1. The predicted molar refractivity (Wildman–Crippen MR) is 170 cm³/mol. The number of nitrogens with one attached hydrogen (secondary N) is 2. The summed E-state index contributed by atoms with van der Waals surface area (Å²) in [6.45, 7) is 4.39. The van der Waals surface area contributed by atoms with E-state index < -0.39 is 11.6 Å². The van der Waals surface area contributed by atoms with Crippen LogP contribution in [0.25, 0.3) is 11.1 Å². The fraction of sp³-hybridized carbons (Fsp3) is 0.250. The monoisotopic (exact) mass is 574 g/mol. The van der Waals surface area contributed by atoms with Gasteiger partial charge >= 0.3 is 0 Å². The summed E-state index contributed by atoms with van der Waals surface area (Å²) in [6.07, 6.45) is 1.33. The molecular weight excluding hydrogens is 536 g/mol. The second kappa shape index (κ2) is 13.0. The van der Waals surface area contributed by atoms with E-state index in [0.717, 1.165) is 33.5 Å². The van der Waals surface area contributed by atoms with E-state index in [1.54, 1.807) is 18.7 Å². The Balaban J connectivity index is 1.34. The summed E-state index contributed by atoms with van der Waals surface area (Å²) in [7, 11) is 0. The van der Waals surface area contributed by atoms with E-state index in [0.29, 0.717) is 31.5 Å². The van der Waals surface area contributed by atoms with Crippen LogP contribution in [0.5, 0.6) is 0 Å². The number of nitrogens with two attached hydrogens (primary N) is 1. The van der Waals surface area contributed by atoms with E-state index in [1.807, 2.05) is 103 Å². The number of para-hydroxylation sites is 1. The van der Waals surface area contributed by atoms with Gasteiger partial charge in [-0.05, 0) is 66.6 Å². The van der Waals surface area contributed by atoms with Crippen molar-refractivity contribution in [3.05, 3.63) is 125 Å². The fourth-order valence-electron chi connectivity index (χ4n) is 5.45. The molecule has 1 heterocycles. The molecule has 7 heteroatoms. The first-order chi connectivity index (χ1) is 20.7. The first kappa shape index (κ1) is 29.7. The number of hydrogen-bond donors (Lipinski definition) is 3. The number of carbonyl (C=O) groups excluding carboxylic acids is 3. The molecule has 0 fully saturated rings. The molecule has 4 N–H and O–H groups in total. The number of nitrogens with zero attached hydrogens (tertiary/aromatic N) is 1. The Morgan fingerprint density at radius 2 is 1.53 bits per heavy atom. The van der Waals surface area contributed by atoms with E-state index in [4.69, 9.17) is 5.73 Å². The molecule has 0 spiro atoms. The number of carbonyl (C=O) groups is 3. The number of benzene rings is 4. The van der Waals surface area contributed by atoms with Crippen LogP contribution in [-0.2, 0) is 29.1 Å². The predicted octanol–water partition coefficient (Wildman–Crippen LogP) is 5.38. The van der Waals surface area contributed by atoms with Gasteiger partial charge in [0.15, 0.2) is 0 Å². The number of aryl methyl sites for hydroxylation is 1. The molecule has 0 saturated carbocycles. The number of amides is 3. The summed E-state index contributed by atoms with van der Waals surface area (Å²) in [6, 6.07) is 32.6. The SMILES string of the molecule is CC(C)(N)CC(=O)N[C@@H]1CCc2ccccc2N(Cc2ccc(-c3ccccc3C(=O)NCc3ccccc3)cc2)C1=O. The summed E-state index contributed by atoms with van der Waals surface area (Å²) in [5.74, 6) is -0.508. The van der Waals surface area contributed by atoms with Gasteiger partial charge in [-0.2, -0.15) is 0 Å². The Bertz CT molecular complexity index is 1590. The average Bonchev–Trinajstić information content (AvgIpc) is 3.12. The van der Waals surface area contributed by atoms with Crippen molar-refractivity contribution in [1.82, 2.24) is 10.6 Å². The molecule has 1 atom stereocenters. The molecule has 4 aromatic rings. The Morgan fingerprint density at radius 3 is 2.28 bits per heavy atom. The summed E-state index contributed by atoms with van der Waals surface area (Å²) >= 11 is 0. The molecule has 0 aliphatic carbocycles. The van der Waals surface area contributed by atoms with E-state index in [-0.39, 0.29) is 24.1 Å². The van der Waals surface area contributed by atoms with Gasteiger partial charge < -0.3 is 21.3 Å². The van der Waals surface area contributed by atoms with Crippen LogP contribution >= 0.6 is 0 Å². The lowest BCUT2D eigenvalue weighted by molar-refractivity contribution is -0.128. The van der Waals surface area contributed by atoms with E-state index in [1.165, 1.54) is 0 Å². The standard InChI is InChI=1S/C36H38N4O3/c1-36(2,37)22-33(41)39-31-21-20-28-12-6-9-15-32(28)40(35(31)43)24-26-16-18-27(19-17-26)29-13-7-8-14-30(29)34(42)38-23-25-10-4-3-5-11-25/h3-19,31H,20-24,37H2,1-2H3,(H,38,42)(H,39,41)/t31-/m1/s1. The lowest BCUT2D eigenvalue weighted by atomic mass is 9.98. The first-order valence-electron chi connectivity index (χ1n) is 14.7. The highest BCUT2D eigenvalue weighted by atomic mass is 16.2. The van der Waals surface area contributed by atoms with Gasteiger partial charge in [0.1, 0.15) is 6.04 Å². The second-order valence-electron chi connectivity index (χ2n) is 11.8. The molecule has 0 radical (unpaired) electrons. The first-order valence-corrected chi connectivity index (χ1v) is 14.7. The summed E-state index contributed by atoms with van der Waals surface area (Å²) < 4.78 is 0. The minimum atomic E-state index is -0.663. The van der Waals surface area contributed by atoms with Crippen LogP contribution in [0.3, 0.4) is 0 Å². The summed E-state index contributed by atoms with van der Waals surface area (Å²) in [4.78, 5) is 41.4. The third-order valence-corrected chi connectivity index (χ3v) is 7.57.